The summed E-state index contributed by atoms with van der Waals surface area (Å²) in [6.07, 6.45) is 2.23. The molecule has 7 nitrogen and oxygen atoms in total. The van der Waals surface area contributed by atoms with E-state index in [0.29, 0.717) is 22.9 Å². The molecule has 0 aliphatic heterocycles. The highest BCUT2D eigenvalue weighted by Crippen LogP contribution is 2.44. The Bertz CT molecular complexity index is 1750. The topological polar surface area (TPSA) is 90.9 Å². The molecule has 0 unspecified atom stereocenters. The number of hydrogen-bond acceptors (Lipinski definition) is 5. The second kappa shape index (κ2) is 10.0. The minimum Gasteiger partial charge on any atom is -0.298 e. The van der Waals surface area contributed by atoms with E-state index in [-0.39, 0.29) is 11.3 Å². The monoisotopic (exact) mass is 524 g/mol. The van der Waals surface area contributed by atoms with Gasteiger partial charge in [-0.3, -0.25) is 19.9 Å². The highest BCUT2D eigenvalue weighted by molar-refractivity contribution is 6.00. The molecule has 2 aromatic heterocycles. The Hall–Kier alpha value is -5.43. The van der Waals surface area contributed by atoms with Crippen molar-refractivity contribution in [1.29, 1.82) is 0 Å². The van der Waals surface area contributed by atoms with Crippen LogP contribution in [0, 0.1) is 17.0 Å². The molecule has 194 valence electrons. The molecule has 0 aliphatic carbocycles. The maximum absolute atomic E-state index is 12.1. The van der Waals surface area contributed by atoms with Crippen molar-refractivity contribution in [3.63, 3.8) is 0 Å². The number of aryl methyl sites for hydroxylation is 1. The van der Waals surface area contributed by atoms with Crippen molar-refractivity contribution in [1.82, 2.24) is 14.8 Å². The third-order valence-corrected chi connectivity index (χ3v) is 7.21. The Morgan fingerprint density at radius 2 is 1.35 bits per heavy atom. The maximum atomic E-state index is 12.1. The van der Waals surface area contributed by atoms with Crippen LogP contribution >= 0.6 is 0 Å². The van der Waals surface area contributed by atoms with Crippen LogP contribution in [0.15, 0.2) is 121 Å². The number of nitrogens with zero attached hydrogens (tertiary/aromatic N) is 4. The van der Waals surface area contributed by atoms with Gasteiger partial charge in [-0.2, -0.15) is 5.10 Å². The first kappa shape index (κ1) is 24.9. The fourth-order valence-electron chi connectivity index (χ4n) is 5.49. The number of aromatic nitrogens is 3. The number of carbonyl (C=O) groups is 1. The zero-order valence-electron chi connectivity index (χ0n) is 21.6. The summed E-state index contributed by atoms with van der Waals surface area (Å²) >= 11 is 0. The Morgan fingerprint density at radius 1 is 0.800 bits per heavy atom. The van der Waals surface area contributed by atoms with E-state index in [2.05, 4.69) is 4.98 Å². The number of nitro groups is 1. The van der Waals surface area contributed by atoms with Gasteiger partial charge in [-0.1, -0.05) is 91.0 Å². The lowest BCUT2D eigenvalue weighted by atomic mass is 9.77. The number of hydrogen-bond donors (Lipinski definition) is 0. The summed E-state index contributed by atoms with van der Waals surface area (Å²) in [5.74, 6) is 0. The standard InChI is InChI=1S/C33H24N4O3/c1-23-19-24(17-18-34-23)32-29-20-25(22-38)30(37(39)40)21-31(29)36(35-32)33(26-11-5-2-6-12-26,27-13-7-3-8-14-27)28-15-9-4-10-16-28/h2-22H,1H3. The number of carbonyl (C=O) groups excluding carboxylic acids is 1. The number of pyridine rings is 1. The predicted molar refractivity (Wildman–Crippen MR) is 154 cm³/mol. The lowest BCUT2D eigenvalue weighted by molar-refractivity contribution is -0.384. The van der Waals surface area contributed by atoms with Crippen LogP contribution in [-0.2, 0) is 5.54 Å². The van der Waals surface area contributed by atoms with E-state index in [1.807, 2.05) is 115 Å². The Labute approximate surface area is 230 Å². The first-order chi connectivity index (χ1) is 19.5. The average molecular weight is 525 g/mol. The molecule has 6 aromatic rings. The van der Waals surface area contributed by atoms with Gasteiger partial charge in [0.2, 0.25) is 0 Å². The molecule has 0 aliphatic rings. The molecule has 0 N–H and O–H groups in total. The molecule has 0 amide bonds. The molecule has 0 spiro atoms. The molecule has 0 fully saturated rings. The molecule has 0 radical (unpaired) electrons. The third-order valence-electron chi connectivity index (χ3n) is 7.21. The highest BCUT2D eigenvalue weighted by Gasteiger charge is 2.41. The molecule has 40 heavy (non-hydrogen) atoms. The Morgan fingerprint density at radius 3 is 1.82 bits per heavy atom. The minimum absolute atomic E-state index is 0.00573. The van der Waals surface area contributed by atoms with Gasteiger partial charge in [0.1, 0.15) is 11.2 Å². The van der Waals surface area contributed by atoms with Crippen molar-refractivity contribution in [3.8, 4) is 11.3 Å². The van der Waals surface area contributed by atoms with Gasteiger partial charge in [-0.15, -0.1) is 0 Å². The van der Waals surface area contributed by atoms with Gasteiger partial charge in [0, 0.05) is 28.9 Å². The fourth-order valence-corrected chi connectivity index (χ4v) is 5.49. The number of benzene rings is 4. The van der Waals surface area contributed by atoms with E-state index in [4.69, 9.17) is 5.10 Å². The quantitative estimate of drug-likeness (QED) is 0.0974. The summed E-state index contributed by atoms with van der Waals surface area (Å²) in [5, 5.41) is 18.0. The van der Waals surface area contributed by atoms with E-state index in [9.17, 15) is 14.9 Å². The van der Waals surface area contributed by atoms with Crippen LogP contribution in [0.3, 0.4) is 0 Å². The van der Waals surface area contributed by atoms with Crippen molar-refractivity contribution >= 4 is 22.9 Å². The van der Waals surface area contributed by atoms with Gasteiger partial charge < -0.3 is 0 Å². The second-order valence-electron chi connectivity index (χ2n) is 9.56. The van der Waals surface area contributed by atoms with Crippen LogP contribution in [0.25, 0.3) is 22.2 Å². The van der Waals surface area contributed by atoms with E-state index in [1.54, 1.807) is 12.3 Å². The molecule has 7 heteroatoms. The van der Waals surface area contributed by atoms with Crippen molar-refractivity contribution in [2.24, 2.45) is 0 Å². The van der Waals surface area contributed by atoms with Crippen molar-refractivity contribution in [3.05, 3.63) is 160 Å². The smallest absolute Gasteiger partial charge is 0.282 e. The molecular weight excluding hydrogens is 500 g/mol. The minimum atomic E-state index is -1.00. The van der Waals surface area contributed by atoms with Crippen LogP contribution < -0.4 is 0 Å². The van der Waals surface area contributed by atoms with Gasteiger partial charge in [-0.05, 0) is 41.8 Å². The first-order valence-electron chi connectivity index (χ1n) is 12.8. The van der Waals surface area contributed by atoms with Crippen LogP contribution in [-0.4, -0.2) is 26.0 Å². The van der Waals surface area contributed by atoms with Gasteiger partial charge in [0.25, 0.3) is 5.69 Å². The fraction of sp³-hybridized carbons (Fsp3) is 0.0606. The molecule has 0 saturated carbocycles. The summed E-state index contributed by atoms with van der Waals surface area (Å²) < 4.78 is 1.87. The number of rotatable bonds is 7. The van der Waals surface area contributed by atoms with Crippen LogP contribution in [0.2, 0.25) is 0 Å². The SMILES string of the molecule is Cc1cc(-c2nn(C(c3ccccc3)(c3ccccc3)c3ccccc3)c3cc([N+](=O)[O-])c(C=O)cc23)ccn1. The summed E-state index contributed by atoms with van der Waals surface area (Å²) in [6.45, 7) is 1.90. The van der Waals surface area contributed by atoms with Crippen molar-refractivity contribution in [2.75, 3.05) is 0 Å². The van der Waals surface area contributed by atoms with E-state index in [0.717, 1.165) is 27.9 Å². The molecule has 0 atom stereocenters. The van der Waals surface area contributed by atoms with E-state index in [1.165, 1.54) is 6.07 Å². The summed E-state index contributed by atoms with van der Waals surface area (Å²) in [6, 6.07) is 36.8. The predicted octanol–water partition coefficient (Wildman–Crippen LogP) is 6.97. The largest absolute Gasteiger partial charge is 0.298 e. The lowest BCUT2D eigenvalue weighted by Crippen LogP contribution is -2.38. The summed E-state index contributed by atoms with van der Waals surface area (Å²) in [5.41, 5.74) is 4.23. The highest BCUT2D eigenvalue weighted by atomic mass is 16.6. The second-order valence-corrected chi connectivity index (χ2v) is 9.56. The maximum Gasteiger partial charge on any atom is 0.282 e. The summed E-state index contributed by atoms with van der Waals surface area (Å²) in [7, 11) is 0. The number of aldehydes is 1. The molecule has 6 rings (SSSR count). The molecule has 0 bridgehead atoms. The third kappa shape index (κ3) is 3.96. The van der Waals surface area contributed by atoms with E-state index < -0.39 is 10.5 Å². The van der Waals surface area contributed by atoms with Crippen LogP contribution in [0.1, 0.15) is 32.7 Å². The molecule has 0 saturated heterocycles. The molecular formula is C33H24N4O3. The molecule has 4 aromatic carbocycles. The molecule has 2 heterocycles. The lowest BCUT2D eigenvalue weighted by Gasteiger charge is -2.37. The zero-order valence-corrected chi connectivity index (χ0v) is 21.6. The average Bonchev–Trinajstić information content (AvgIpc) is 3.37. The zero-order chi connectivity index (χ0) is 27.7. The van der Waals surface area contributed by atoms with Crippen molar-refractivity contribution < 1.29 is 9.72 Å². The van der Waals surface area contributed by atoms with Crippen LogP contribution in [0.5, 0.6) is 0 Å². The first-order valence-corrected chi connectivity index (χ1v) is 12.8. The summed E-state index contributed by atoms with van der Waals surface area (Å²) in [4.78, 5) is 27.9. The Kier molecular flexibility index (Phi) is 6.24. The van der Waals surface area contributed by atoms with Gasteiger partial charge in [0.05, 0.1) is 16.0 Å². The van der Waals surface area contributed by atoms with Gasteiger partial charge in [0.15, 0.2) is 6.29 Å². The number of nitro benzene ring substituents is 1. The number of fused-ring (bicyclic) bond motifs is 1. The normalized spacial score (nSPS) is 11.4. The Balaban J connectivity index is 1.85. The van der Waals surface area contributed by atoms with E-state index >= 15 is 0 Å². The van der Waals surface area contributed by atoms with Crippen molar-refractivity contribution in [2.45, 2.75) is 12.5 Å². The van der Waals surface area contributed by atoms with Crippen LogP contribution in [0.4, 0.5) is 5.69 Å². The van der Waals surface area contributed by atoms with Gasteiger partial charge >= 0.3 is 0 Å². The van der Waals surface area contributed by atoms with Gasteiger partial charge in [-0.25, -0.2) is 4.68 Å².